The Morgan fingerprint density at radius 1 is 1.27 bits per heavy atom. The predicted molar refractivity (Wildman–Crippen MR) is 112 cm³/mol. The number of ether oxygens (including phenoxy) is 1. The number of carbonyl (C=O) groups is 1. The summed E-state index contributed by atoms with van der Waals surface area (Å²) in [5.41, 5.74) is 3.65. The van der Waals surface area contributed by atoms with E-state index in [0.29, 0.717) is 5.89 Å². The fraction of sp³-hybridized carbons (Fsp3) is 0.304. The Morgan fingerprint density at radius 3 is 2.73 bits per heavy atom. The summed E-state index contributed by atoms with van der Waals surface area (Å²) >= 11 is 0. The number of hydrogen-bond donors (Lipinski definition) is 0. The first-order valence-corrected chi connectivity index (χ1v) is 9.87. The van der Waals surface area contributed by atoms with Gasteiger partial charge in [0, 0.05) is 23.5 Å². The van der Waals surface area contributed by atoms with Gasteiger partial charge in [-0.2, -0.15) is 5.26 Å². The summed E-state index contributed by atoms with van der Waals surface area (Å²) in [7, 11) is 0. The number of esters is 1. The summed E-state index contributed by atoms with van der Waals surface area (Å²) in [6, 6.07) is 13.2. The second-order valence-corrected chi connectivity index (χ2v) is 6.94. The first kappa shape index (κ1) is 21.1. The van der Waals surface area contributed by atoms with Crippen molar-refractivity contribution >= 4 is 12.0 Å². The van der Waals surface area contributed by atoms with Gasteiger partial charge in [-0.1, -0.05) is 31.5 Å². The van der Waals surface area contributed by atoms with Crippen LogP contribution in [-0.4, -0.2) is 20.7 Å². The maximum atomic E-state index is 12.4. The van der Waals surface area contributed by atoms with Crippen molar-refractivity contribution < 1.29 is 13.9 Å². The second kappa shape index (κ2) is 9.70. The van der Waals surface area contributed by atoms with Crippen molar-refractivity contribution in [3.63, 3.8) is 0 Å². The van der Waals surface area contributed by atoms with Crippen molar-refractivity contribution in [2.75, 3.05) is 0 Å². The first-order chi connectivity index (χ1) is 14.5. The number of aryl methyl sites for hydroxylation is 1. The van der Waals surface area contributed by atoms with Crippen LogP contribution in [0.3, 0.4) is 0 Å². The molecule has 0 aliphatic heterocycles. The van der Waals surface area contributed by atoms with Crippen molar-refractivity contribution in [2.45, 2.75) is 46.8 Å². The summed E-state index contributed by atoms with van der Waals surface area (Å²) < 4.78 is 12.9. The Hall–Kier alpha value is -3.66. The zero-order valence-corrected chi connectivity index (χ0v) is 17.4. The molecular formula is C23H24N4O3. The quantitative estimate of drug-likeness (QED) is 0.309. The van der Waals surface area contributed by atoms with E-state index in [1.807, 2.05) is 56.3 Å². The molecule has 0 radical (unpaired) electrons. The number of aromatic nitrogens is 3. The minimum absolute atomic E-state index is 0.0754. The molecule has 1 aromatic carbocycles. The minimum atomic E-state index is -0.727. The van der Waals surface area contributed by atoms with Crippen LogP contribution in [0, 0.1) is 25.2 Å². The molecule has 0 bridgehead atoms. The van der Waals surface area contributed by atoms with E-state index in [1.54, 1.807) is 6.08 Å². The molecule has 0 saturated heterocycles. The molecule has 0 unspecified atom stereocenters. The van der Waals surface area contributed by atoms with Gasteiger partial charge in [0.1, 0.15) is 11.6 Å². The number of nitriles is 1. The molecule has 0 saturated carbocycles. The highest BCUT2D eigenvalue weighted by Gasteiger charge is 2.16. The largest absolute Gasteiger partial charge is 0.451 e. The molecule has 0 aliphatic rings. The third kappa shape index (κ3) is 4.84. The average molecular weight is 404 g/mol. The second-order valence-electron chi connectivity index (χ2n) is 6.94. The number of benzene rings is 1. The maximum absolute atomic E-state index is 12.4. The lowest BCUT2D eigenvalue weighted by Gasteiger charge is -2.08. The number of nitrogens with zero attached hydrogens (tertiary/aromatic N) is 4. The summed E-state index contributed by atoms with van der Waals surface area (Å²) in [6.07, 6.45) is 3.73. The number of unbranched alkanes of at least 4 members (excludes halogenated alkanes) is 1. The lowest BCUT2D eigenvalue weighted by atomic mass is 10.1. The highest BCUT2D eigenvalue weighted by atomic mass is 16.5. The van der Waals surface area contributed by atoms with Crippen molar-refractivity contribution in [1.82, 2.24) is 14.8 Å². The molecule has 2 aromatic heterocycles. The average Bonchev–Trinajstić information content (AvgIpc) is 3.34. The Bertz CT molecular complexity index is 1090. The van der Waals surface area contributed by atoms with Crippen molar-refractivity contribution in [1.29, 1.82) is 5.26 Å². The molecule has 0 spiro atoms. The highest BCUT2D eigenvalue weighted by molar-refractivity contribution is 5.98. The Kier molecular flexibility index (Phi) is 6.81. The van der Waals surface area contributed by atoms with E-state index in [2.05, 4.69) is 21.7 Å². The molecule has 0 aliphatic carbocycles. The molecule has 3 rings (SSSR count). The van der Waals surface area contributed by atoms with E-state index >= 15 is 0 Å². The van der Waals surface area contributed by atoms with Crippen LogP contribution in [0.15, 0.2) is 46.4 Å². The zero-order valence-electron chi connectivity index (χ0n) is 17.4. The normalized spacial score (nSPS) is 11.3. The summed E-state index contributed by atoms with van der Waals surface area (Å²) in [4.78, 5) is 12.4. The van der Waals surface area contributed by atoms with Crippen molar-refractivity contribution in [2.24, 2.45) is 0 Å². The van der Waals surface area contributed by atoms with Crippen LogP contribution in [-0.2, 0) is 22.7 Å². The van der Waals surface area contributed by atoms with Crippen LogP contribution in [0.1, 0.15) is 42.6 Å². The van der Waals surface area contributed by atoms with Gasteiger partial charge < -0.3 is 13.7 Å². The minimum Gasteiger partial charge on any atom is -0.451 e. The van der Waals surface area contributed by atoms with Crippen LogP contribution >= 0.6 is 0 Å². The van der Waals surface area contributed by atoms with Gasteiger partial charge in [0.15, 0.2) is 6.61 Å². The molecule has 2 heterocycles. The Balaban J connectivity index is 1.69. The summed E-state index contributed by atoms with van der Waals surface area (Å²) in [6.45, 7) is 6.86. The smallest absolute Gasteiger partial charge is 0.349 e. The number of rotatable bonds is 8. The van der Waals surface area contributed by atoms with E-state index in [-0.39, 0.29) is 18.1 Å². The number of carbonyl (C=O) groups excluding carboxylic acids is 1. The monoisotopic (exact) mass is 404 g/mol. The van der Waals surface area contributed by atoms with E-state index in [1.165, 1.54) is 0 Å². The molecule has 30 heavy (non-hydrogen) atoms. The lowest BCUT2D eigenvalue weighted by Crippen LogP contribution is -2.07. The summed E-state index contributed by atoms with van der Waals surface area (Å²) in [5, 5.41) is 17.3. The summed E-state index contributed by atoms with van der Waals surface area (Å²) in [5.74, 6) is -0.218. The van der Waals surface area contributed by atoms with Crippen LogP contribution in [0.25, 0.3) is 17.5 Å². The molecular weight excluding hydrogens is 380 g/mol. The molecule has 7 heteroatoms. The van der Waals surface area contributed by atoms with E-state index in [0.717, 1.165) is 41.9 Å². The first-order valence-electron chi connectivity index (χ1n) is 9.87. The van der Waals surface area contributed by atoms with Crippen molar-refractivity contribution in [3.05, 3.63) is 64.8 Å². The molecule has 0 fully saturated rings. The Labute approximate surface area is 175 Å². The molecule has 154 valence electrons. The van der Waals surface area contributed by atoms with Crippen LogP contribution in [0.2, 0.25) is 0 Å². The van der Waals surface area contributed by atoms with Gasteiger partial charge in [0.05, 0.1) is 0 Å². The van der Waals surface area contributed by atoms with Crippen LogP contribution in [0.5, 0.6) is 0 Å². The van der Waals surface area contributed by atoms with Gasteiger partial charge >= 0.3 is 5.97 Å². The fourth-order valence-electron chi connectivity index (χ4n) is 3.14. The lowest BCUT2D eigenvalue weighted by molar-refractivity contribution is -0.140. The van der Waals surface area contributed by atoms with Gasteiger partial charge in [-0.05, 0) is 50.1 Å². The highest BCUT2D eigenvalue weighted by Crippen LogP contribution is 2.20. The van der Waals surface area contributed by atoms with Gasteiger partial charge in [-0.3, -0.25) is 0 Å². The van der Waals surface area contributed by atoms with E-state index in [9.17, 15) is 10.1 Å². The molecule has 0 amide bonds. The fourth-order valence-corrected chi connectivity index (χ4v) is 3.14. The topological polar surface area (TPSA) is 93.9 Å². The molecule has 3 aromatic rings. The standard InChI is InChI=1S/C23H24N4O3/c1-4-5-11-27-16(2)12-19(17(27)3)13-20(14-24)23(28)29-15-21-25-26-22(30-21)18-9-7-6-8-10-18/h6-10,12-13H,4-5,11,15H2,1-3H3/b20-13+. The third-order valence-corrected chi connectivity index (χ3v) is 4.80. The van der Waals surface area contributed by atoms with Crippen LogP contribution in [0.4, 0.5) is 0 Å². The van der Waals surface area contributed by atoms with Crippen molar-refractivity contribution in [3.8, 4) is 17.5 Å². The molecule has 0 N–H and O–H groups in total. The van der Waals surface area contributed by atoms with Gasteiger partial charge in [0.2, 0.25) is 5.89 Å². The van der Waals surface area contributed by atoms with Gasteiger partial charge in [-0.25, -0.2) is 4.79 Å². The molecule has 0 atom stereocenters. The molecule has 7 nitrogen and oxygen atoms in total. The maximum Gasteiger partial charge on any atom is 0.349 e. The zero-order chi connectivity index (χ0) is 21.5. The third-order valence-electron chi connectivity index (χ3n) is 4.80. The van der Waals surface area contributed by atoms with E-state index < -0.39 is 5.97 Å². The van der Waals surface area contributed by atoms with E-state index in [4.69, 9.17) is 9.15 Å². The Morgan fingerprint density at radius 2 is 2.03 bits per heavy atom. The predicted octanol–water partition coefficient (Wildman–Crippen LogP) is 4.61. The SMILES string of the molecule is CCCCn1c(C)cc(/C=C(\C#N)C(=O)OCc2nnc(-c3ccccc3)o2)c1C. The van der Waals surface area contributed by atoms with Gasteiger partial charge in [0.25, 0.3) is 5.89 Å². The van der Waals surface area contributed by atoms with Gasteiger partial charge in [-0.15, -0.1) is 10.2 Å². The number of hydrogen-bond acceptors (Lipinski definition) is 6. The van der Waals surface area contributed by atoms with Crippen LogP contribution < -0.4 is 0 Å².